The maximum atomic E-state index is 11.6. The number of nitrogens with one attached hydrogen (secondary N) is 2. The summed E-state index contributed by atoms with van der Waals surface area (Å²) >= 11 is 0. The predicted molar refractivity (Wildman–Crippen MR) is 73.7 cm³/mol. The van der Waals surface area contributed by atoms with Crippen molar-refractivity contribution in [3.05, 3.63) is 0 Å². The first-order chi connectivity index (χ1) is 9.54. The lowest BCUT2D eigenvalue weighted by molar-refractivity contribution is -0.127. The Bertz CT molecular complexity index is 289. The van der Waals surface area contributed by atoms with Crippen LogP contribution < -0.4 is 22.5 Å². The average Bonchev–Trinajstić information content (AvgIpc) is 2.46. The molecule has 2 atom stereocenters. The summed E-state index contributed by atoms with van der Waals surface area (Å²) in [5.41, 5.74) is 4.02. The number of aliphatic hydroxyl groups is 1. The number of carbonyl (C=O) groups excluding carboxylic acids is 2. The highest BCUT2D eigenvalue weighted by atomic mass is 16.5. The molecule has 0 heterocycles. The van der Waals surface area contributed by atoms with E-state index in [1.165, 1.54) is 0 Å². The smallest absolute Gasteiger partial charge is 0.237 e. The molecular formula is C12H26N4O4. The Morgan fingerprint density at radius 2 is 2.00 bits per heavy atom. The van der Waals surface area contributed by atoms with Crippen molar-refractivity contribution in [1.82, 2.24) is 10.9 Å². The van der Waals surface area contributed by atoms with Crippen molar-refractivity contribution in [2.45, 2.75) is 45.1 Å². The van der Waals surface area contributed by atoms with Crippen LogP contribution in [-0.2, 0) is 14.3 Å². The fourth-order valence-corrected chi connectivity index (χ4v) is 1.71. The van der Waals surface area contributed by atoms with Crippen LogP contribution in [0.1, 0.15) is 39.0 Å². The van der Waals surface area contributed by atoms with Gasteiger partial charge >= 0.3 is 0 Å². The first kappa shape index (κ1) is 18.8. The molecule has 0 unspecified atom stereocenters. The van der Waals surface area contributed by atoms with Crippen molar-refractivity contribution in [3.8, 4) is 0 Å². The van der Waals surface area contributed by atoms with Gasteiger partial charge in [0.25, 0.3) is 0 Å². The molecule has 0 fully saturated rings. The fourth-order valence-electron chi connectivity index (χ4n) is 1.71. The number of hydrogen-bond acceptors (Lipinski definition) is 6. The van der Waals surface area contributed by atoms with E-state index in [0.29, 0.717) is 6.61 Å². The van der Waals surface area contributed by atoms with Gasteiger partial charge in [0.05, 0.1) is 12.7 Å². The Balaban J connectivity index is 4.13. The van der Waals surface area contributed by atoms with Crippen LogP contribution in [0.5, 0.6) is 0 Å². The van der Waals surface area contributed by atoms with Gasteiger partial charge in [0, 0.05) is 18.9 Å². The summed E-state index contributed by atoms with van der Waals surface area (Å²) in [6.45, 7) is 2.79. The molecule has 2 amide bonds. The van der Waals surface area contributed by atoms with Crippen LogP contribution in [0.3, 0.4) is 0 Å². The first-order valence-corrected chi connectivity index (χ1v) is 6.80. The van der Waals surface area contributed by atoms with Crippen molar-refractivity contribution in [3.63, 3.8) is 0 Å². The van der Waals surface area contributed by atoms with E-state index in [1.807, 2.05) is 17.8 Å². The van der Waals surface area contributed by atoms with E-state index in [1.54, 1.807) is 0 Å². The number of ether oxygens (including phenoxy) is 1. The minimum Gasteiger partial charge on any atom is -0.391 e. The van der Waals surface area contributed by atoms with Gasteiger partial charge in [0.15, 0.2) is 0 Å². The lowest BCUT2D eigenvalue weighted by atomic mass is 9.95. The summed E-state index contributed by atoms with van der Waals surface area (Å²) in [6.07, 6.45) is 1.72. The van der Waals surface area contributed by atoms with Crippen LogP contribution in [-0.4, -0.2) is 36.2 Å². The third kappa shape index (κ3) is 8.81. The highest BCUT2D eigenvalue weighted by Crippen LogP contribution is 2.14. The number of rotatable bonds is 11. The molecule has 0 aliphatic heterocycles. The third-order valence-electron chi connectivity index (χ3n) is 2.90. The molecule has 0 aliphatic rings. The van der Waals surface area contributed by atoms with Crippen molar-refractivity contribution in [2.24, 2.45) is 17.6 Å². The second-order valence-corrected chi connectivity index (χ2v) is 4.63. The standard InChI is InChI=1S/C12H26N4O4/c1-2-3-6-20-8-10(17)7-9(12(19)16-14)4-5-11(18)15-13/h9-10,17H,2-8,13-14H2,1H3,(H,15,18)(H,16,19)/t9-,10+/m1/s1. The molecule has 8 heteroatoms. The monoisotopic (exact) mass is 290 g/mol. The van der Waals surface area contributed by atoms with Crippen LogP contribution >= 0.6 is 0 Å². The second kappa shape index (κ2) is 11.6. The van der Waals surface area contributed by atoms with E-state index >= 15 is 0 Å². The summed E-state index contributed by atoms with van der Waals surface area (Å²) < 4.78 is 5.28. The van der Waals surface area contributed by atoms with Gasteiger partial charge in [-0.15, -0.1) is 0 Å². The molecule has 118 valence electrons. The van der Waals surface area contributed by atoms with E-state index in [9.17, 15) is 14.7 Å². The van der Waals surface area contributed by atoms with Crippen LogP contribution in [0.4, 0.5) is 0 Å². The lowest BCUT2D eigenvalue weighted by Crippen LogP contribution is -2.39. The van der Waals surface area contributed by atoms with E-state index in [2.05, 4.69) is 0 Å². The minimum atomic E-state index is -0.768. The maximum absolute atomic E-state index is 11.6. The van der Waals surface area contributed by atoms with Crippen LogP contribution in [0.15, 0.2) is 0 Å². The zero-order valence-electron chi connectivity index (χ0n) is 11.9. The van der Waals surface area contributed by atoms with Gasteiger partial charge in [-0.25, -0.2) is 11.7 Å². The quantitative estimate of drug-likeness (QED) is 0.142. The zero-order valence-corrected chi connectivity index (χ0v) is 11.9. The average molecular weight is 290 g/mol. The number of carbonyl (C=O) groups is 2. The van der Waals surface area contributed by atoms with Crippen LogP contribution in [0, 0.1) is 5.92 Å². The Morgan fingerprint density at radius 1 is 1.30 bits per heavy atom. The number of amides is 2. The largest absolute Gasteiger partial charge is 0.391 e. The van der Waals surface area contributed by atoms with Gasteiger partial charge in [-0.1, -0.05) is 13.3 Å². The predicted octanol–water partition coefficient (Wildman–Crippen LogP) is -1.07. The molecule has 8 nitrogen and oxygen atoms in total. The van der Waals surface area contributed by atoms with Crippen molar-refractivity contribution in [1.29, 1.82) is 0 Å². The topological polar surface area (TPSA) is 140 Å². The summed E-state index contributed by atoms with van der Waals surface area (Å²) in [6, 6.07) is 0. The summed E-state index contributed by atoms with van der Waals surface area (Å²) in [5, 5.41) is 9.81. The Labute approximate surface area is 119 Å². The minimum absolute atomic E-state index is 0.0952. The molecule has 0 spiro atoms. The summed E-state index contributed by atoms with van der Waals surface area (Å²) in [5.74, 6) is 8.72. The highest BCUT2D eigenvalue weighted by Gasteiger charge is 2.22. The summed E-state index contributed by atoms with van der Waals surface area (Å²) in [4.78, 5) is 22.6. The number of hydrazine groups is 2. The van der Waals surface area contributed by atoms with E-state index in [0.717, 1.165) is 12.8 Å². The third-order valence-corrected chi connectivity index (χ3v) is 2.90. The molecule has 7 N–H and O–H groups in total. The number of hydrogen-bond donors (Lipinski definition) is 5. The highest BCUT2D eigenvalue weighted by molar-refractivity contribution is 5.80. The van der Waals surface area contributed by atoms with Crippen molar-refractivity contribution >= 4 is 11.8 Å². The van der Waals surface area contributed by atoms with Gasteiger partial charge in [-0.2, -0.15) is 0 Å². The Morgan fingerprint density at radius 3 is 2.55 bits per heavy atom. The molecule has 20 heavy (non-hydrogen) atoms. The van der Waals surface area contributed by atoms with Gasteiger partial charge in [-0.3, -0.25) is 20.4 Å². The fraction of sp³-hybridized carbons (Fsp3) is 0.833. The van der Waals surface area contributed by atoms with Crippen molar-refractivity contribution in [2.75, 3.05) is 13.2 Å². The molecule has 0 saturated heterocycles. The second-order valence-electron chi connectivity index (χ2n) is 4.63. The molecule has 0 radical (unpaired) electrons. The Hall–Kier alpha value is -1.22. The molecule has 0 aromatic heterocycles. The van der Waals surface area contributed by atoms with Crippen molar-refractivity contribution < 1.29 is 19.4 Å². The summed E-state index contributed by atoms with van der Waals surface area (Å²) in [7, 11) is 0. The molecule has 0 aromatic rings. The molecule has 0 bridgehead atoms. The molecule has 0 aliphatic carbocycles. The normalized spacial score (nSPS) is 13.6. The zero-order chi connectivity index (χ0) is 15.4. The van der Waals surface area contributed by atoms with Gasteiger partial charge < -0.3 is 9.84 Å². The number of nitrogens with two attached hydrogens (primary N) is 2. The number of aliphatic hydroxyl groups excluding tert-OH is 1. The van der Waals surface area contributed by atoms with Gasteiger partial charge in [0.2, 0.25) is 11.8 Å². The molecule has 0 saturated carbocycles. The molecule has 0 aromatic carbocycles. The van der Waals surface area contributed by atoms with Crippen LogP contribution in [0.2, 0.25) is 0 Å². The Kier molecular flexibility index (Phi) is 10.9. The number of unbranched alkanes of at least 4 members (excludes halogenated alkanes) is 1. The van der Waals surface area contributed by atoms with E-state index < -0.39 is 17.9 Å². The van der Waals surface area contributed by atoms with Gasteiger partial charge in [0.1, 0.15) is 0 Å². The van der Waals surface area contributed by atoms with E-state index in [4.69, 9.17) is 16.4 Å². The van der Waals surface area contributed by atoms with E-state index in [-0.39, 0.29) is 31.8 Å². The molecule has 0 rings (SSSR count). The molecular weight excluding hydrogens is 264 g/mol. The first-order valence-electron chi connectivity index (χ1n) is 6.80. The van der Waals surface area contributed by atoms with Crippen LogP contribution in [0.25, 0.3) is 0 Å². The lowest BCUT2D eigenvalue weighted by Gasteiger charge is -2.18. The SMILES string of the molecule is CCCCOC[C@@H](O)C[C@@H](CCC(=O)NN)C(=O)NN. The van der Waals surface area contributed by atoms with Gasteiger partial charge in [-0.05, 0) is 19.3 Å². The maximum Gasteiger partial charge on any atom is 0.237 e.